The molecule has 1 amide bonds. The number of carbonyl (C=O) groups is 1. The highest BCUT2D eigenvalue weighted by molar-refractivity contribution is 7.89. The number of sulfonamides is 1. The molecule has 100 valence electrons. The van der Waals surface area contributed by atoms with E-state index in [1.165, 1.54) is 6.07 Å². The van der Waals surface area contributed by atoms with Crippen LogP contribution in [0.2, 0.25) is 0 Å². The maximum absolute atomic E-state index is 11.9. The van der Waals surface area contributed by atoms with Crippen LogP contribution in [0.3, 0.4) is 0 Å². The number of rotatable bonds is 7. The highest BCUT2D eigenvalue weighted by Gasteiger charge is 2.16. The van der Waals surface area contributed by atoms with Crippen LogP contribution in [0.15, 0.2) is 29.2 Å². The Hall–Kier alpha value is -1.64. The van der Waals surface area contributed by atoms with E-state index in [4.69, 9.17) is 11.6 Å². The van der Waals surface area contributed by atoms with Crippen LogP contribution in [0.4, 0.5) is 5.69 Å². The fourth-order valence-electron chi connectivity index (χ4n) is 1.37. The number of nitrogens with two attached hydrogens (primary N) is 2. The van der Waals surface area contributed by atoms with Gasteiger partial charge in [-0.05, 0) is 18.6 Å². The SMILES string of the molecule is NNc1ccccc1S(=O)(=O)NCCCC(N)=O. The summed E-state index contributed by atoms with van der Waals surface area (Å²) >= 11 is 0. The first kappa shape index (κ1) is 14.4. The molecule has 7 nitrogen and oxygen atoms in total. The van der Waals surface area contributed by atoms with E-state index in [9.17, 15) is 13.2 Å². The Labute approximate surface area is 106 Å². The predicted molar refractivity (Wildman–Crippen MR) is 67.9 cm³/mol. The lowest BCUT2D eigenvalue weighted by Crippen LogP contribution is -2.27. The van der Waals surface area contributed by atoms with E-state index in [-0.39, 0.29) is 17.9 Å². The maximum Gasteiger partial charge on any atom is 0.242 e. The van der Waals surface area contributed by atoms with Crippen molar-refractivity contribution in [1.29, 1.82) is 0 Å². The molecule has 8 heteroatoms. The first-order chi connectivity index (χ1) is 8.47. The predicted octanol–water partition coefficient (Wildman–Crippen LogP) is -0.484. The first-order valence-corrected chi connectivity index (χ1v) is 6.79. The molecule has 0 aromatic heterocycles. The van der Waals surface area contributed by atoms with Crippen LogP contribution < -0.4 is 21.7 Å². The second-order valence-corrected chi connectivity index (χ2v) is 5.34. The van der Waals surface area contributed by atoms with Crippen LogP contribution in [0, 0.1) is 0 Å². The minimum absolute atomic E-state index is 0.0616. The number of nitrogen functional groups attached to an aromatic ring is 1. The van der Waals surface area contributed by atoms with Crippen LogP contribution in [-0.2, 0) is 14.8 Å². The number of hydrogen-bond donors (Lipinski definition) is 4. The van der Waals surface area contributed by atoms with Crippen molar-refractivity contribution in [3.05, 3.63) is 24.3 Å². The van der Waals surface area contributed by atoms with E-state index in [0.29, 0.717) is 12.1 Å². The van der Waals surface area contributed by atoms with Crippen LogP contribution in [0.25, 0.3) is 0 Å². The third-order valence-electron chi connectivity index (χ3n) is 2.22. The average molecular weight is 272 g/mol. The van der Waals surface area contributed by atoms with Crippen molar-refractivity contribution >= 4 is 21.6 Å². The summed E-state index contributed by atoms with van der Waals surface area (Å²) in [5, 5.41) is 0. The molecule has 6 N–H and O–H groups in total. The summed E-state index contributed by atoms with van der Waals surface area (Å²) in [4.78, 5) is 10.6. The summed E-state index contributed by atoms with van der Waals surface area (Å²) in [6.07, 6.45) is 0.492. The lowest BCUT2D eigenvalue weighted by molar-refractivity contribution is -0.118. The van der Waals surface area contributed by atoms with Crippen molar-refractivity contribution in [2.24, 2.45) is 11.6 Å². The summed E-state index contributed by atoms with van der Waals surface area (Å²) in [7, 11) is -3.65. The van der Waals surface area contributed by atoms with Gasteiger partial charge in [0.25, 0.3) is 0 Å². The number of hydrogen-bond acceptors (Lipinski definition) is 5. The fraction of sp³-hybridized carbons (Fsp3) is 0.300. The molecule has 0 bridgehead atoms. The van der Waals surface area contributed by atoms with Gasteiger partial charge in [-0.15, -0.1) is 0 Å². The molecule has 0 spiro atoms. The average Bonchev–Trinajstić information content (AvgIpc) is 2.34. The summed E-state index contributed by atoms with van der Waals surface area (Å²) in [6, 6.07) is 6.25. The van der Waals surface area contributed by atoms with Crippen molar-refractivity contribution in [2.45, 2.75) is 17.7 Å². The number of anilines is 1. The zero-order valence-electron chi connectivity index (χ0n) is 9.72. The maximum atomic E-state index is 11.9. The Morgan fingerprint density at radius 2 is 1.94 bits per heavy atom. The second kappa shape index (κ2) is 6.34. The zero-order valence-corrected chi connectivity index (χ0v) is 10.5. The Morgan fingerprint density at radius 1 is 1.28 bits per heavy atom. The van der Waals surface area contributed by atoms with Crippen molar-refractivity contribution in [3.63, 3.8) is 0 Å². The minimum atomic E-state index is -3.65. The van der Waals surface area contributed by atoms with E-state index in [2.05, 4.69) is 10.1 Å². The minimum Gasteiger partial charge on any atom is -0.370 e. The highest BCUT2D eigenvalue weighted by atomic mass is 32.2. The van der Waals surface area contributed by atoms with E-state index in [1.54, 1.807) is 18.2 Å². The summed E-state index contributed by atoms with van der Waals surface area (Å²) in [6.45, 7) is 0.143. The molecular weight excluding hydrogens is 256 g/mol. The van der Waals surface area contributed by atoms with Gasteiger partial charge in [0.05, 0.1) is 5.69 Å². The quantitative estimate of drug-likeness (QED) is 0.303. The lowest BCUT2D eigenvalue weighted by atomic mass is 10.3. The molecule has 0 saturated carbocycles. The van der Waals surface area contributed by atoms with E-state index in [0.717, 1.165) is 0 Å². The molecule has 0 fully saturated rings. The van der Waals surface area contributed by atoms with Gasteiger partial charge in [0.15, 0.2) is 0 Å². The van der Waals surface area contributed by atoms with Gasteiger partial charge in [-0.2, -0.15) is 0 Å². The van der Waals surface area contributed by atoms with Gasteiger partial charge in [-0.25, -0.2) is 13.1 Å². The topological polar surface area (TPSA) is 127 Å². The molecule has 1 rings (SSSR count). The number of primary amides is 1. The second-order valence-electron chi connectivity index (χ2n) is 3.61. The van der Waals surface area contributed by atoms with Gasteiger partial charge < -0.3 is 11.2 Å². The molecule has 0 unspecified atom stereocenters. The van der Waals surface area contributed by atoms with Crippen molar-refractivity contribution in [1.82, 2.24) is 4.72 Å². The molecule has 1 aromatic carbocycles. The normalized spacial score (nSPS) is 11.2. The molecule has 0 aliphatic carbocycles. The number of amides is 1. The van der Waals surface area contributed by atoms with Crippen molar-refractivity contribution in [2.75, 3.05) is 12.0 Å². The molecule has 0 heterocycles. The van der Waals surface area contributed by atoms with Gasteiger partial charge in [0, 0.05) is 13.0 Å². The molecule has 0 aliphatic heterocycles. The van der Waals surface area contributed by atoms with Crippen LogP contribution >= 0.6 is 0 Å². The molecule has 0 saturated heterocycles. The third kappa shape index (κ3) is 3.99. The van der Waals surface area contributed by atoms with Crippen LogP contribution in [-0.4, -0.2) is 20.9 Å². The Morgan fingerprint density at radius 3 is 2.56 bits per heavy atom. The molecule has 1 aromatic rings. The lowest BCUT2D eigenvalue weighted by Gasteiger charge is -2.10. The smallest absolute Gasteiger partial charge is 0.242 e. The summed E-state index contributed by atoms with van der Waals surface area (Å²) < 4.78 is 26.2. The van der Waals surface area contributed by atoms with Crippen molar-refractivity contribution < 1.29 is 13.2 Å². The number of carbonyl (C=O) groups excluding carboxylic acids is 1. The van der Waals surface area contributed by atoms with Gasteiger partial charge in [0.1, 0.15) is 4.90 Å². The molecule has 0 atom stereocenters. The number of nitrogens with one attached hydrogen (secondary N) is 2. The highest BCUT2D eigenvalue weighted by Crippen LogP contribution is 2.19. The van der Waals surface area contributed by atoms with Crippen LogP contribution in [0.1, 0.15) is 12.8 Å². The number of benzene rings is 1. The van der Waals surface area contributed by atoms with E-state index < -0.39 is 15.9 Å². The molecule has 0 aliphatic rings. The standard InChI is InChI=1S/C10H16N4O3S/c11-10(15)6-3-7-13-18(16,17)9-5-2-1-4-8(9)14-12/h1-2,4-5,13-14H,3,6-7,12H2,(H2,11,15). The van der Waals surface area contributed by atoms with Crippen LogP contribution in [0.5, 0.6) is 0 Å². The van der Waals surface area contributed by atoms with Crippen molar-refractivity contribution in [3.8, 4) is 0 Å². The zero-order chi connectivity index (χ0) is 13.6. The van der Waals surface area contributed by atoms with E-state index in [1.807, 2.05) is 0 Å². The number of para-hydroxylation sites is 1. The summed E-state index contributed by atoms with van der Waals surface area (Å²) in [5.74, 6) is 4.78. The number of hydrazine groups is 1. The molecule has 0 radical (unpaired) electrons. The summed E-state index contributed by atoms with van der Waals surface area (Å²) in [5.41, 5.74) is 7.58. The molecule has 18 heavy (non-hydrogen) atoms. The largest absolute Gasteiger partial charge is 0.370 e. The van der Waals surface area contributed by atoms with Gasteiger partial charge in [-0.1, -0.05) is 12.1 Å². The fourth-order valence-corrected chi connectivity index (χ4v) is 2.61. The molecular formula is C10H16N4O3S. The third-order valence-corrected chi connectivity index (χ3v) is 3.74. The van der Waals surface area contributed by atoms with Gasteiger partial charge >= 0.3 is 0 Å². The Bertz CT molecular complexity index is 516. The monoisotopic (exact) mass is 272 g/mol. The Kier molecular flexibility index (Phi) is 5.08. The van der Waals surface area contributed by atoms with Gasteiger partial charge in [0.2, 0.25) is 15.9 Å². The first-order valence-electron chi connectivity index (χ1n) is 5.31. The van der Waals surface area contributed by atoms with Gasteiger partial charge in [-0.3, -0.25) is 10.6 Å². The Balaban J connectivity index is 2.71. The van der Waals surface area contributed by atoms with E-state index >= 15 is 0 Å².